The fraction of sp³-hybridized carbons (Fsp3) is 0.233. The molecule has 2 aliphatic heterocycles. The van der Waals surface area contributed by atoms with Gasteiger partial charge in [-0.05, 0) is 61.9 Å². The summed E-state index contributed by atoms with van der Waals surface area (Å²) in [5.74, 6) is -0.847. The third kappa shape index (κ3) is 5.45. The first-order valence-corrected chi connectivity index (χ1v) is 15.1. The zero-order chi connectivity index (χ0) is 31.0. The Balaban J connectivity index is 1.42. The lowest BCUT2D eigenvalue weighted by Gasteiger charge is -2.27. The van der Waals surface area contributed by atoms with Gasteiger partial charge in [0.2, 0.25) is 22.7 Å². The van der Waals surface area contributed by atoms with Gasteiger partial charge in [-0.2, -0.15) is 14.1 Å². The van der Waals surface area contributed by atoms with E-state index in [0.29, 0.717) is 17.2 Å². The molecular formula is C30H28N4O9S. The molecule has 1 saturated heterocycles. The van der Waals surface area contributed by atoms with Crippen molar-refractivity contribution in [2.24, 2.45) is 0 Å². The number of aromatic nitrogens is 2. The van der Waals surface area contributed by atoms with Crippen LogP contribution in [0.15, 0.2) is 65.6 Å². The van der Waals surface area contributed by atoms with Crippen molar-refractivity contribution in [3.63, 3.8) is 0 Å². The van der Waals surface area contributed by atoms with E-state index in [9.17, 15) is 23.1 Å². The molecule has 0 saturated carbocycles. The minimum absolute atomic E-state index is 0.0345. The molecule has 14 heteroatoms. The van der Waals surface area contributed by atoms with E-state index >= 15 is 0 Å². The molecule has 44 heavy (non-hydrogen) atoms. The number of sulfonamides is 1. The smallest absolute Gasteiger partial charge is 0.356 e. The van der Waals surface area contributed by atoms with Crippen LogP contribution in [0, 0.1) is 13.8 Å². The van der Waals surface area contributed by atoms with Gasteiger partial charge >= 0.3 is 5.97 Å². The molecule has 1 fully saturated rings. The van der Waals surface area contributed by atoms with Crippen LogP contribution in [0.5, 0.6) is 23.1 Å². The standard InChI is InChI=1S/C30H28N4O9S/c1-18-5-3-4-6-22(18)34-29(19(2)27(32-34)30(36)37)43-24-10-8-21(16-26(24)44(38,39)33-11-13-40-14-12-33)31-28(35)20-7-9-23-25(15-20)42-17-41-23/h3-10,15-16H,11-14,17H2,1-2H3,(H,31,35)(H,36,37). The largest absolute Gasteiger partial charge is 0.476 e. The van der Waals surface area contributed by atoms with Crippen LogP contribution in [0.2, 0.25) is 0 Å². The van der Waals surface area contributed by atoms with E-state index in [0.717, 1.165) is 5.56 Å². The summed E-state index contributed by atoms with van der Waals surface area (Å²) in [5.41, 5.74) is 1.79. The van der Waals surface area contributed by atoms with Crippen molar-refractivity contribution in [2.45, 2.75) is 18.7 Å². The highest BCUT2D eigenvalue weighted by Crippen LogP contribution is 2.38. The number of hydrogen-bond acceptors (Lipinski definition) is 9. The number of carbonyl (C=O) groups is 2. The Kier molecular flexibility index (Phi) is 7.71. The van der Waals surface area contributed by atoms with Gasteiger partial charge < -0.3 is 29.4 Å². The molecule has 1 amide bonds. The Hall–Kier alpha value is -4.92. The third-order valence-electron chi connectivity index (χ3n) is 7.25. The number of hydrogen-bond donors (Lipinski definition) is 2. The molecule has 0 bridgehead atoms. The summed E-state index contributed by atoms with van der Waals surface area (Å²) in [6, 6.07) is 16.1. The summed E-state index contributed by atoms with van der Waals surface area (Å²) in [7, 11) is -4.16. The molecule has 13 nitrogen and oxygen atoms in total. The number of amides is 1. The molecule has 2 N–H and O–H groups in total. The number of morpholine rings is 1. The number of nitrogens with zero attached hydrogens (tertiary/aromatic N) is 3. The van der Waals surface area contributed by atoms with Crippen LogP contribution in [0.1, 0.15) is 32.0 Å². The minimum Gasteiger partial charge on any atom is -0.476 e. The summed E-state index contributed by atoms with van der Waals surface area (Å²) in [4.78, 5) is 24.9. The molecule has 0 aliphatic carbocycles. The van der Waals surface area contributed by atoms with Crippen molar-refractivity contribution < 1.29 is 42.1 Å². The van der Waals surface area contributed by atoms with Crippen LogP contribution < -0.4 is 19.5 Å². The second-order valence-corrected chi connectivity index (χ2v) is 12.0. The lowest BCUT2D eigenvalue weighted by atomic mass is 10.2. The van der Waals surface area contributed by atoms with Gasteiger partial charge in [0.15, 0.2) is 17.2 Å². The second kappa shape index (κ2) is 11.6. The lowest BCUT2D eigenvalue weighted by molar-refractivity contribution is 0.0689. The average Bonchev–Trinajstić information content (AvgIpc) is 3.62. The number of benzene rings is 3. The predicted molar refractivity (Wildman–Crippen MR) is 157 cm³/mol. The summed E-state index contributed by atoms with van der Waals surface area (Å²) in [6.07, 6.45) is 0. The van der Waals surface area contributed by atoms with Crippen molar-refractivity contribution in [3.05, 3.63) is 83.0 Å². The Bertz CT molecular complexity index is 1880. The summed E-state index contributed by atoms with van der Waals surface area (Å²) < 4.78 is 52.8. The van der Waals surface area contributed by atoms with E-state index in [4.69, 9.17) is 18.9 Å². The maximum absolute atomic E-state index is 14.0. The van der Waals surface area contributed by atoms with E-state index in [1.54, 1.807) is 24.3 Å². The monoisotopic (exact) mass is 620 g/mol. The molecule has 0 atom stereocenters. The number of carbonyl (C=O) groups excluding carboxylic acids is 1. The highest BCUT2D eigenvalue weighted by Gasteiger charge is 2.32. The van der Waals surface area contributed by atoms with Gasteiger partial charge in [-0.15, -0.1) is 0 Å². The molecule has 4 aromatic rings. The summed E-state index contributed by atoms with van der Waals surface area (Å²) in [5, 5.41) is 16.8. The van der Waals surface area contributed by atoms with Crippen molar-refractivity contribution >= 4 is 27.6 Å². The lowest BCUT2D eigenvalue weighted by Crippen LogP contribution is -2.40. The molecule has 3 aromatic carbocycles. The number of rotatable bonds is 8. The Morgan fingerprint density at radius 3 is 2.48 bits per heavy atom. The maximum Gasteiger partial charge on any atom is 0.356 e. The van der Waals surface area contributed by atoms with E-state index in [1.165, 1.54) is 40.2 Å². The van der Waals surface area contributed by atoms with Crippen molar-refractivity contribution in [1.29, 1.82) is 0 Å². The first-order chi connectivity index (χ1) is 21.1. The maximum atomic E-state index is 14.0. The molecule has 0 spiro atoms. The first kappa shape index (κ1) is 29.2. The summed E-state index contributed by atoms with van der Waals surface area (Å²) >= 11 is 0. The van der Waals surface area contributed by atoms with Crippen LogP contribution in [-0.2, 0) is 14.8 Å². The zero-order valence-corrected chi connectivity index (χ0v) is 24.6. The van der Waals surface area contributed by atoms with Crippen LogP contribution in [-0.4, -0.2) is 72.6 Å². The number of para-hydroxylation sites is 1. The normalized spacial score (nSPS) is 14.8. The van der Waals surface area contributed by atoms with Crippen LogP contribution in [0.3, 0.4) is 0 Å². The first-order valence-electron chi connectivity index (χ1n) is 13.6. The van der Waals surface area contributed by atoms with E-state index in [-0.39, 0.29) is 72.1 Å². The van der Waals surface area contributed by atoms with Crippen molar-refractivity contribution in [1.82, 2.24) is 14.1 Å². The fourth-order valence-electron chi connectivity index (χ4n) is 4.91. The molecule has 0 unspecified atom stereocenters. The Morgan fingerprint density at radius 2 is 1.73 bits per heavy atom. The number of fused-ring (bicyclic) bond motifs is 1. The van der Waals surface area contributed by atoms with E-state index in [2.05, 4.69) is 10.4 Å². The Labute approximate surface area is 252 Å². The summed E-state index contributed by atoms with van der Waals surface area (Å²) in [6.45, 7) is 4.12. The van der Waals surface area contributed by atoms with Crippen LogP contribution in [0.25, 0.3) is 5.69 Å². The average molecular weight is 621 g/mol. The number of ether oxygens (including phenoxy) is 4. The molecule has 228 valence electrons. The van der Waals surface area contributed by atoms with Gasteiger partial charge in [0, 0.05) is 29.9 Å². The van der Waals surface area contributed by atoms with E-state index in [1.807, 2.05) is 19.1 Å². The van der Waals surface area contributed by atoms with E-state index < -0.39 is 21.9 Å². The van der Waals surface area contributed by atoms with Gasteiger partial charge in [-0.3, -0.25) is 4.79 Å². The van der Waals surface area contributed by atoms with Crippen molar-refractivity contribution in [3.8, 4) is 28.8 Å². The van der Waals surface area contributed by atoms with Gasteiger partial charge in [-0.1, -0.05) is 18.2 Å². The van der Waals surface area contributed by atoms with Gasteiger partial charge in [0.25, 0.3) is 5.91 Å². The molecule has 3 heterocycles. The highest BCUT2D eigenvalue weighted by molar-refractivity contribution is 7.89. The number of anilines is 1. The topological polar surface area (TPSA) is 159 Å². The highest BCUT2D eigenvalue weighted by atomic mass is 32.2. The van der Waals surface area contributed by atoms with Crippen molar-refractivity contribution in [2.75, 3.05) is 38.4 Å². The molecule has 0 radical (unpaired) electrons. The third-order valence-corrected chi connectivity index (χ3v) is 9.17. The van der Waals surface area contributed by atoms with Gasteiger partial charge in [0.05, 0.1) is 18.9 Å². The molecular weight excluding hydrogens is 592 g/mol. The predicted octanol–water partition coefficient (Wildman–Crippen LogP) is 3.98. The number of nitrogens with one attached hydrogen (secondary N) is 1. The van der Waals surface area contributed by atoms with Crippen LogP contribution in [0.4, 0.5) is 5.69 Å². The Morgan fingerprint density at radius 1 is 0.977 bits per heavy atom. The number of carboxylic acid groups (broad SMARTS) is 1. The molecule has 6 rings (SSSR count). The molecule has 2 aliphatic rings. The van der Waals surface area contributed by atoms with Gasteiger partial charge in [0.1, 0.15) is 10.6 Å². The quantitative estimate of drug-likeness (QED) is 0.295. The molecule has 1 aromatic heterocycles. The van der Waals surface area contributed by atoms with Crippen LogP contribution >= 0.6 is 0 Å². The fourth-order valence-corrected chi connectivity index (χ4v) is 6.46. The SMILES string of the molecule is Cc1ccccc1-n1nc(C(=O)O)c(C)c1Oc1ccc(NC(=O)c2ccc3c(c2)OCO3)cc1S(=O)(=O)N1CCOCC1. The second-order valence-electron chi connectivity index (χ2n) is 10.1. The number of carboxylic acids is 1. The number of aromatic carboxylic acids is 1. The number of aryl methyl sites for hydroxylation is 1. The minimum atomic E-state index is -4.16. The van der Waals surface area contributed by atoms with Gasteiger partial charge in [-0.25, -0.2) is 13.2 Å². The zero-order valence-electron chi connectivity index (χ0n) is 23.8.